The van der Waals surface area contributed by atoms with Gasteiger partial charge in [0.1, 0.15) is 5.58 Å². The molecule has 1 amide bonds. The zero-order chi connectivity index (χ0) is 13.9. The molecule has 0 bridgehead atoms. The lowest BCUT2D eigenvalue weighted by Crippen LogP contribution is -2.32. The predicted molar refractivity (Wildman–Crippen MR) is 78.7 cm³/mol. The van der Waals surface area contributed by atoms with E-state index in [1.54, 1.807) is 0 Å². The number of hydrogen-bond acceptors (Lipinski definition) is 3. The molecule has 0 unspecified atom stereocenters. The van der Waals surface area contributed by atoms with Crippen molar-refractivity contribution in [2.24, 2.45) is 5.92 Å². The number of nitrogens with one attached hydrogen (secondary N) is 2. The van der Waals surface area contributed by atoms with E-state index in [2.05, 4.69) is 10.6 Å². The number of fused-ring (bicyclic) bond motifs is 1. The summed E-state index contributed by atoms with van der Waals surface area (Å²) in [7, 11) is 0. The molecule has 1 fully saturated rings. The minimum absolute atomic E-state index is 0.179. The Labute approximate surface area is 122 Å². The van der Waals surface area contributed by atoms with Crippen LogP contribution in [0.1, 0.15) is 18.4 Å². The molecule has 1 aromatic carbocycles. The Bertz CT molecular complexity index is 619. The molecule has 0 atom stereocenters. The monoisotopic (exact) mass is 292 g/mol. The summed E-state index contributed by atoms with van der Waals surface area (Å²) in [6.45, 7) is 1.99. The number of halogens is 1. The smallest absolute Gasteiger partial charge is 0.223 e. The fourth-order valence-corrected chi connectivity index (χ4v) is 2.46. The summed E-state index contributed by atoms with van der Waals surface area (Å²) in [5.74, 6) is 0.445. The van der Waals surface area contributed by atoms with Gasteiger partial charge in [0.15, 0.2) is 5.22 Å². The molecule has 0 radical (unpaired) electrons. The van der Waals surface area contributed by atoms with Crippen LogP contribution in [0.2, 0.25) is 5.22 Å². The Kier molecular flexibility index (Phi) is 3.94. The molecule has 5 heteroatoms. The highest BCUT2D eigenvalue weighted by atomic mass is 35.5. The van der Waals surface area contributed by atoms with Crippen molar-refractivity contribution in [1.82, 2.24) is 10.6 Å². The number of hydrogen-bond donors (Lipinski definition) is 2. The number of rotatable bonds is 6. The van der Waals surface area contributed by atoms with Gasteiger partial charge in [-0.25, -0.2) is 0 Å². The van der Waals surface area contributed by atoms with Crippen molar-refractivity contribution in [3.05, 3.63) is 35.0 Å². The summed E-state index contributed by atoms with van der Waals surface area (Å²) >= 11 is 6.10. The van der Waals surface area contributed by atoms with Gasteiger partial charge in [-0.3, -0.25) is 4.79 Å². The first-order valence-electron chi connectivity index (χ1n) is 6.90. The van der Waals surface area contributed by atoms with E-state index < -0.39 is 0 Å². The normalized spacial score (nSPS) is 14.7. The van der Waals surface area contributed by atoms with Gasteiger partial charge in [0.05, 0.1) is 0 Å². The molecule has 2 N–H and O–H groups in total. The third-order valence-electron chi connectivity index (χ3n) is 3.50. The molecule has 1 saturated carbocycles. The van der Waals surface area contributed by atoms with Crippen LogP contribution >= 0.6 is 11.6 Å². The Hall–Kier alpha value is -1.52. The summed E-state index contributed by atoms with van der Waals surface area (Å²) in [4.78, 5) is 11.5. The van der Waals surface area contributed by atoms with E-state index >= 15 is 0 Å². The first-order valence-corrected chi connectivity index (χ1v) is 7.28. The molecular formula is C15H17ClN2O2. The minimum atomic E-state index is 0.179. The topological polar surface area (TPSA) is 54.3 Å². The van der Waals surface area contributed by atoms with E-state index in [1.165, 1.54) is 0 Å². The zero-order valence-electron chi connectivity index (χ0n) is 11.1. The molecule has 1 aromatic heterocycles. The van der Waals surface area contributed by atoms with Gasteiger partial charge in [-0.2, -0.15) is 0 Å². The highest BCUT2D eigenvalue weighted by Gasteiger charge is 2.28. The Balaban J connectivity index is 1.49. The van der Waals surface area contributed by atoms with Gasteiger partial charge in [0, 0.05) is 36.5 Å². The number of carbonyl (C=O) groups excluding carboxylic acids is 1. The lowest BCUT2D eigenvalue weighted by atomic mass is 10.2. The van der Waals surface area contributed by atoms with Crippen LogP contribution in [0.3, 0.4) is 0 Å². The molecule has 0 spiro atoms. The number of amides is 1. The van der Waals surface area contributed by atoms with Crippen LogP contribution in [-0.2, 0) is 11.3 Å². The van der Waals surface area contributed by atoms with Crippen LogP contribution in [0.25, 0.3) is 11.0 Å². The maximum atomic E-state index is 11.5. The fourth-order valence-electron chi connectivity index (χ4n) is 2.21. The summed E-state index contributed by atoms with van der Waals surface area (Å²) < 4.78 is 5.49. The second-order valence-electron chi connectivity index (χ2n) is 5.09. The highest BCUT2D eigenvalue weighted by molar-refractivity contribution is 6.30. The molecule has 20 heavy (non-hydrogen) atoms. The fraction of sp³-hybridized carbons (Fsp3) is 0.400. The predicted octanol–water partition coefficient (Wildman–Crippen LogP) is 2.70. The molecule has 1 aliphatic rings. The molecule has 106 valence electrons. The van der Waals surface area contributed by atoms with Crippen LogP contribution in [0.5, 0.6) is 0 Å². The molecule has 1 heterocycles. The molecule has 4 nitrogen and oxygen atoms in total. The van der Waals surface area contributed by atoms with E-state index in [9.17, 15) is 4.79 Å². The van der Waals surface area contributed by atoms with E-state index in [0.29, 0.717) is 24.9 Å². The summed E-state index contributed by atoms with van der Waals surface area (Å²) in [5.41, 5.74) is 1.77. The molecule has 0 saturated heterocycles. The molecule has 3 rings (SSSR count). The van der Waals surface area contributed by atoms with Crippen molar-refractivity contribution in [1.29, 1.82) is 0 Å². The average molecular weight is 293 g/mol. The molecule has 0 aliphatic heterocycles. The van der Waals surface area contributed by atoms with Crippen LogP contribution in [0.4, 0.5) is 0 Å². The van der Waals surface area contributed by atoms with Crippen LogP contribution < -0.4 is 10.6 Å². The van der Waals surface area contributed by atoms with E-state index in [-0.39, 0.29) is 11.8 Å². The van der Waals surface area contributed by atoms with Gasteiger partial charge >= 0.3 is 0 Å². The number of benzene rings is 1. The first kappa shape index (κ1) is 13.5. The lowest BCUT2D eigenvalue weighted by Gasteiger charge is -2.06. The number of carbonyl (C=O) groups is 1. The third kappa shape index (κ3) is 2.97. The van der Waals surface area contributed by atoms with Gasteiger partial charge in [0.25, 0.3) is 0 Å². The van der Waals surface area contributed by atoms with Gasteiger partial charge in [-0.1, -0.05) is 18.2 Å². The maximum absolute atomic E-state index is 11.5. The van der Waals surface area contributed by atoms with Crippen molar-refractivity contribution < 1.29 is 9.21 Å². The Morgan fingerprint density at radius 3 is 2.90 bits per heavy atom. The van der Waals surface area contributed by atoms with Crippen molar-refractivity contribution in [3.63, 3.8) is 0 Å². The van der Waals surface area contributed by atoms with Gasteiger partial charge in [0.2, 0.25) is 5.91 Å². The van der Waals surface area contributed by atoms with E-state index in [4.69, 9.17) is 16.0 Å². The van der Waals surface area contributed by atoms with Gasteiger partial charge < -0.3 is 15.1 Å². The third-order valence-corrected chi connectivity index (χ3v) is 3.81. The highest BCUT2D eigenvalue weighted by Crippen LogP contribution is 2.29. The van der Waals surface area contributed by atoms with E-state index in [1.807, 2.05) is 24.3 Å². The molecule has 1 aliphatic carbocycles. The second kappa shape index (κ2) is 5.85. The van der Waals surface area contributed by atoms with Gasteiger partial charge in [-0.15, -0.1) is 0 Å². The largest absolute Gasteiger partial charge is 0.444 e. The first-order chi connectivity index (χ1) is 9.75. The summed E-state index contributed by atoms with van der Waals surface area (Å²) in [5, 5.41) is 7.66. The minimum Gasteiger partial charge on any atom is -0.444 e. The average Bonchev–Trinajstić information content (AvgIpc) is 3.24. The maximum Gasteiger partial charge on any atom is 0.223 e. The number of furan rings is 1. The Morgan fingerprint density at radius 2 is 2.10 bits per heavy atom. The van der Waals surface area contributed by atoms with Crippen LogP contribution in [0, 0.1) is 5.92 Å². The van der Waals surface area contributed by atoms with Crippen molar-refractivity contribution in [3.8, 4) is 0 Å². The van der Waals surface area contributed by atoms with Crippen molar-refractivity contribution in [2.45, 2.75) is 19.4 Å². The van der Waals surface area contributed by atoms with Gasteiger partial charge in [-0.05, 0) is 30.5 Å². The number of para-hydroxylation sites is 1. The zero-order valence-corrected chi connectivity index (χ0v) is 11.9. The quantitative estimate of drug-likeness (QED) is 0.805. The van der Waals surface area contributed by atoms with Crippen molar-refractivity contribution >= 4 is 28.5 Å². The van der Waals surface area contributed by atoms with Crippen molar-refractivity contribution in [2.75, 3.05) is 13.1 Å². The standard InChI is InChI=1S/C15H17ClN2O2/c16-14-12(11-3-1-2-4-13(11)20-14)9-17-7-8-18-15(19)10-5-6-10/h1-4,10,17H,5-9H2,(H,18,19). The Morgan fingerprint density at radius 1 is 1.30 bits per heavy atom. The lowest BCUT2D eigenvalue weighted by molar-refractivity contribution is -0.122. The van der Waals surface area contributed by atoms with E-state index in [0.717, 1.165) is 29.4 Å². The summed E-state index contributed by atoms with van der Waals surface area (Å²) in [6.07, 6.45) is 2.08. The molecule has 2 aromatic rings. The second-order valence-corrected chi connectivity index (χ2v) is 5.44. The SMILES string of the molecule is O=C(NCCNCc1c(Cl)oc2ccccc12)C1CC1. The van der Waals surface area contributed by atoms with Crippen LogP contribution in [-0.4, -0.2) is 19.0 Å². The van der Waals surface area contributed by atoms with Crippen LogP contribution in [0.15, 0.2) is 28.7 Å². The summed E-state index contributed by atoms with van der Waals surface area (Å²) in [6, 6.07) is 7.79. The molecular weight excluding hydrogens is 276 g/mol.